The lowest BCUT2D eigenvalue weighted by Gasteiger charge is -2.23. The summed E-state index contributed by atoms with van der Waals surface area (Å²) in [6.07, 6.45) is 1.56. The summed E-state index contributed by atoms with van der Waals surface area (Å²) in [5, 5.41) is 2.84. The largest absolute Gasteiger partial charge is 0.366 e. The van der Waals surface area contributed by atoms with Crippen LogP contribution in [0.2, 0.25) is 0 Å². The Morgan fingerprint density at radius 2 is 2.17 bits per heavy atom. The van der Waals surface area contributed by atoms with Crippen molar-refractivity contribution in [3.8, 4) is 0 Å². The van der Waals surface area contributed by atoms with Crippen LogP contribution in [-0.2, 0) is 14.3 Å². The van der Waals surface area contributed by atoms with Crippen LogP contribution < -0.4 is 5.32 Å². The minimum atomic E-state index is -0.314. The lowest BCUT2D eigenvalue weighted by molar-refractivity contribution is -0.132. The third-order valence-electron chi connectivity index (χ3n) is 2.71. The molecule has 1 saturated heterocycles. The molecule has 1 atom stereocenters. The maximum absolute atomic E-state index is 11.6. The second-order valence-electron chi connectivity index (χ2n) is 5.81. The highest BCUT2D eigenvalue weighted by atomic mass is 16.5. The highest BCUT2D eigenvalue weighted by Crippen LogP contribution is 2.10. The summed E-state index contributed by atoms with van der Waals surface area (Å²) >= 11 is 0. The SMILES string of the molecule is CC(CN1CCCC1=O)NC(=O)COC(C)(C)C. The summed E-state index contributed by atoms with van der Waals surface area (Å²) in [6.45, 7) is 9.08. The van der Waals surface area contributed by atoms with E-state index in [0.29, 0.717) is 13.0 Å². The molecule has 0 aliphatic carbocycles. The molecule has 0 bridgehead atoms. The standard InChI is InChI=1S/C13H24N2O3/c1-10(8-15-7-5-6-12(15)17)14-11(16)9-18-13(2,3)4/h10H,5-9H2,1-4H3,(H,14,16). The maximum Gasteiger partial charge on any atom is 0.246 e. The number of carbonyl (C=O) groups is 2. The number of rotatable bonds is 5. The molecule has 104 valence electrons. The first kappa shape index (κ1) is 15.0. The Bertz CT molecular complexity index is 310. The van der Waals surface area contributed by atoms with Crippen LogP contribution in [0, 0.1) is 0 Å². The molecule has 2 amide bonds. The van der Waals surface area contributed by atoms with Gasteiger partial charge in [0.1, 0.15) is 6.61 Å². The Kier molecular flexibility index (Phi) is 5.14. The van der Waals surface area contributed by atoms with Crippen LogP contribution in [0.25, 0.3) is 0 Å². The van der Waals surface area contributed by atoms with Gasteiger partial charge in [-0.05, 0) is 34.1 Å². The summed E-state index contributed by atoms with van der Waals surface area (Å²) in [4.78, 5) is 24.9. The fourth-order valence-electron chi connectivity index (χ4n) is 1.87. The van der Waals surface area contributed by atoms with Gasteiger partial charge in [-0.1, -0.05) is 0 Å². The van der Waals surface area contributed by atoms with E-state index in [4.69, 9.17) is 4.74 Å². The van der Waals surface area contributed by atoms with Gasteiger partial charge in [-0.25, -0.2) is 0 Å². The average molecular weight is 256 g/mol. The first-order valence-electron chi connectivity index (χ1n) is 6.49. The van der Waals surface area contributed by atoms with Gasteiger partial charge in [0.2, 0.25) is 11.8 Å². The molecule has 0 radical (unpaired) electrons. The number of hydrogen-bond donors (Lipinski definition) is 1. The van der Waals surface area contributed by atoms with Crippen LogP contribution in [0.15, 0.2) is 0 Å². The van der Waals surface area contributed by atoms with E-state index in [-0.39, 0.29) is 30.1 Å². The van der Waals surface area contributed by atoms with Crippen LogP contribution in [0.4, 0.5) is 0 Å². The summed E-state index contributed by atoms with van der Waals surface area (Å²) in [5.74, 6) is 0.0473. The van der Waals surface area contributed by atoms with Gasteiger partial charge in [0.05, 0.1) is 5.60 Å². The molecule has 1 aliphatic heterocycles. The lowest BCUT2D eigenvalue weighted by Crippen LogP contribution is -2.44. The Labute approximate surface area is 109 Å². The molecule has 5 heteroatoms. The minimum absolute atomic E-state index is 0.0388. The number of carbonyl (C=O) groups excluding carboxylic acids is 2. The first-order valence-corrected chi connectivity index (χ1v) is 6.49. The molecule has 5 nitrogen and oxygen atoms in total. The van der Waals surface area contributed by atoms with Gasteiger partial charge in [-0.2, -0.15) is 0 Å². The molecular formula is C13H24N2O3. The number of nitrogens with one attached hydrogen (secondary N) is 1. The van der Waals surface area contributed by atoms with Gasteiger partial charge >= 0.3 is 0 Å². The van der Waals surface area contributed by atoms with E-state index < -0.39 is 0 Å². The predicted octanol–water partition coefficient (Wildman–Crippen LogP) is 0.929. The van der Waals surface area contributed by atoms with E-state index in [2.05, 4.69) is 5.32 Å². The number of amides is 2. The molecule has 0 aromatic heterocycles. The van der Waals surface area contributed by atoms with E-state index in [9.17, 15) is 9.59 Å². The second-order valence-corrected chi connectivity index (χ2v) is 5.81. The molecular weight excluding hydrogens is 232 g/mol. The fourth-order valence-corrected chi connectivity index (χ4v) is 1.87. The normalized spacial score (nSPS) is 18.0. The molecule has 1 fully saturated rings. The number of nitrogens with zero attached hydrogens (tertiary/aromatic N) is 1. The Morgan fingerprint density at radius 3 is 2.67 bits per heavy atom. The van der Waals surface area contributed by atoms with E-state index in [1.807, 2.05) is 27.7 Å². The molecule has 0 aromatic carbocycles. The highest BCUT2D eigenvalue weighted by molar-refractivity contribution is 5.79. The van der Waals surface area contributed by atoms with E-state index in [1.54, 1.807) is 4.90 Å². The van der Waals surface area contributed by atoms with Crippen molar-refractivity contribution in [3.05, 3.63) is 0 Å². The predicted molar refractivity (Wildman–Crippen MR) is 69.1 cm³/mol. The van der Waals surface area contributed by atoms with Crippen LogP contribution in [0.5, 0.6) is 0 Å². The van der Waals surface area contributed by atoms with Gasteiger partial charge < -0.3 is 15.0 Å². The summed E-state index contributed by atoms with van der Waals surface area (Å²) < 4.78 is 5.39. The zero-order valence-corrected chi connectivity index (χ0v) is 11.8. The Hall–Kier alpha value is -1.10. The molecule has 18 heavy (non-hydrogen) atoms. The molecule has 0 saturated carbocycles. The smallest absolute Gasteiger partial charge is 0.246 e. The van der Waals surface area contributed by atoms with Gasteiger partial charge in [0.25, 0.3) is 0 Å². The number of likely N-dealkylation sites (tertiary alicyclic amines) is 1. The summed E-state index contributed by atoms with van der Waals surface area (Å²) in [7, 11) is 0. The first-order chi connectivity index (χ1) is 8.28. The van der Waals surface area contributed by atoms with Crippen molar-refractivity contribution >= 4 is 11.8 Å². The Balaban J connectivity index is 2.25. The molecule has 0 spiro atoms. The zero-order valence-electron chi connectivity index (χ0n) is 11.8. The summed E-state index contributed by atoms with van der Waals surface area (Å²) in [6, 6.07) is -0.0388. The van der Waals surface area contributed by atoms with Gasteiger partial charge in [-0.15, -0.1) is 0 Å². The van der Waals surface area contributed by atoms with Crippen LogP contribution in [0.3, 0.4) is 0 Å². The van der Waals surface area contributed by atoms with Crippen molar-refractivity contribution in [2.75, 3.05) is 19.7 Å². The number of hydrogen-bond acceptors (Lipinski definition) is 3. The van der Waals surface area contributed by atoms with Crippen molar-refractivity contribution in [3.63, 3.8) is 0 Å². The van der Waals surface area contributed by atoms with Crippen LogP contribution >= 0.6 is 0 Å². The average Bonchev–Trinajstić information content (AvgIpc) is 2.60. The molecule has 1 rings (SSSR count). The molecule has 1 unspecified atom stereocenters. The summed E-state index contributed by atoms with van der Waals surface area (Å²) in [5.41, 5.74) is -0.314. The zero-order chi connectivity index (χ0) is 13.8. The van der Waals surface area contributed by atoms with Crippen molar-refractivity contribution in [2.45, 2.75) is 52.2 Å². The van der Waals surface area contributed by atoms with E-state index >= 15 is 0 Å². The van der Waals surface area contributed by atoms with E-state index in [0.717, 1.165) is 13.0 Å². The highest BCUT2D eigenvalue weighted by Gasteiger charge is 2.22. The second kappa shape index (κ2) is 6.18. The monoisotopic (exact) mass is 256 g/mol. The van der Waals surface area contributed by atoms with Gasteiger partial charge in [-0.3, -0.25) is 9.59 Å². The third kappa shape index (κ3) is 5.49. The Morgan fingerprint density at radius 1 is 1.50 bits per heavy atom. The molecule has 1 heterocycles. The van der Waals surface area contributed by atoms with Crippen molar-refractivity contribution in [1.29, 1.82) is 0 Å². The topological polar surface area (TPSA) is 58.6 Å². The van der Waals surface area contributed by atoms with Crippen LogP contribution in [0.1, 0.15) is 40.5 Å². The lowest BCUT2D eigenvalue weighted by atomic mass is 10.2. The van der Waals surface area contributed by atoms with Crippen molar-refractivity contribution in [2.24, 2.45) is 0 Å². The quantitative estimate of drug-likeness (QED) is 0.796. The molecule has 0 aromatic rings. The molecule has 1 aliphatic rings. The van der Waals surface area contributed by atoms with Gasteiger partial charge in [0, 0.05) is 25.6 Å². The fraction of sp³-hybridized carbons (Fsp3) is 0.846. The van der Waals surface area contributed by atoms with Crippen molar-refractivity contribution < 1.29 is 14.3 Å². The van der Waals surface area contributed by atoms with Gasteiger partial charge in [0.15, 0.2) is 0 Å². The number of ether oxygens (including phenoxy) is 1. The van der Waals surface area contributed by atoms with Crippen molar-refractivity contribution in [1.82, 2.24) is 10.2 Å². The third-order valence-corrected chi connectivity index (χ3v) is 2.71. The maximum atomic E-state index is 11.6. The molecule has 1 N–H and O–H groups in total. The van der Waals surface area contributed by atoms with Crippen LogP contribution in [-0.4, -0.2) is 48.1 Å². The van der Waals surface area contributed by atoms with E-state index in [1.165, 1.54) is 0 Å². The minimum Gasteiger partial charge on any atom is -0.366 e.